The molecule has 2 heterocycles. The standard InChI is InChI=1S/C13H25N3O3S/c17-13(16-8-1-2-9-16)11-15-20(18,19)10-5-12-3-6-14-7-4-12/h12,14-15H,1-11H2. The molecule has 7 heteroatoms. The highest BCUT2D eigenvalue weighted by molar-refractivity contribution is 7.89. The summed E-state index contributed by atoms with van der Waals surface area (Å²) in [5.41, 5.74) is 0. The van der Waals surface area contributed by atoms with Gasteiger partial charge in [-0.3, -0.25) is 4.79 Å². The monoisotopic (exact) mass is 303 g/mol. The number of nitrogens with zero attached hydrogens (tertiary/aromatic N) is 1. The van der Waals surface area contributed by atoms with E-state index in [2.05, 4.69) is 10.0 Å². The third-order valence-corrected chi connectivity index (χ3v) is 5.51. The SMILES string of the molecule is O=C(CNS(=O)(=O)CCC1CCNCC1)N1CCCC1. The second-order valence-electron chi connectivity index (χ2n) is 5.71. The molecule has 0 unspecified atom stereocenters. The van der Waals surface area contributed by atoms with Gasteiger partial charge in [0.2, 0.25) is 15.9 Å². The van der Waals surface area contributed by atoms with Crippen LogP contribution in [0.3, 0.4) is 0 Å². The average Bonchev–Trinajstić information content (AvgIpc) is 2.98. The van der Waals surface area contributed by atoms with Crippen LogP contribution in [-0.4, -0.2) is 57.7 Å². The molecule has 2 N–H and O–H groups in total. The van der Waals surface area contributed by atoms with Crippen molar-refractivity contribution in [1.82, 2.24) is 14.9 Å². The number of nitrogens with one attached hydrogen (secondary N) is 2. The first-order valence-electron chi connectivity index (χ1n) is 7.53. The summed E-state index contributed by atoms with van der Waals surface area (Å²) in [4.78, 5) is 13.5. The number of piperidine rings is 1. The second-order valence-corrected chi connectivity index (χ2v) is 7.64. The van der Waals surface area contributed by atoms with E-state index in [-0.39, 0.29) is 18.2 Å². The van der Waals surface area contributed by atoms with Gasteiger partial charge in [0, 0.05) is 13.1 Å². The zero-order valence-corrected chi connectivity index (χ0v) is 12.8. The van der Waals surface area contributed by atoms with Crippen molar-refractivity contribution in [2.75, 3.05) is 38.5 Å². The summed E-state index contributed by atoms with van der Waals surface area (Å²) in [7, 11) is -3.32. The van der Waals surface area contributed by atoms with Gasteiger partial charge in [-0.15, -0.1) is 0 Å². The van der Waals surface area contributed by atoms with Crippen LogP contribution in [0.5, 0.6) is 0 Å². The van der Waals surface area contributed by atoms with Gasteiger partial charge >= 0.3 is 0 Å². The van der Waals surface area contributed by atoms with E-state index in [1.165, 1.54) is 0 Å². The van der Waals surface area contributed by atoms with Gasteiger partial charge in [-0.25, -0.2) is 13.1 Å². The lowest BCUT2D eigenvalue weighted by atomic mass is 9.96. The molecule has 0 aliphatic carbocycles. The molecule has 2 saturated heterocycles. The number of carbonyl (C=O) groups is 1. The molecule has 1 amide bonds. The predicted octanol–water partition coefficient (Wildman–Crippen LogP) is -0.0821. The Morgan fingerprint density at radius 3 is 2.50 bits per heavy atom. The van der Waals surface area contributed by atoms with Crippen molar-refractivity contribution in [3.63, 3.8) is 0 Å². The maximum absolute atomic E-state index is 11.9. The summed E-state index contributed by atoms with van der Waals surface area (Å²) in [6.07, 6.45) is 4.82. The molecule has 20 heavy (non-hydrogen) atoms. The molecule has 0 spiro atoms. The molecule has 0 radical (unpaired) electrons. The first kappa shape index (κ1) is 15.7. The van der Waals surface area contributed by atoms with E-state index < -0.39 is 10.0 Å². The van der Waals surface area contributed by atoms with Gasteiger partial charge in [-0.2, -0.15) is 0 Å². The topological polar surface area (TPSA) is 78.5 Å². The highest BCUT2D eigenvalue weighted by Gasteiger charge is 2.21. The number of likely N-dealkylation sites (tertiary alicyclic amines) is 1. The molecule has 2 aliphatic heterocycles. The number of rotatable bonds is 6. The van der Waals surface area contributed by atoms with Crippen LogP contribution in [-0.2, 0) is 14.8 Å². The highest BCUT2D eigenvalue weighted by atomic mass is 32.2. The normalized spacial score (nSPS) is 21.3. The Morgan fingerprint density at radius 1 is 1.20 bits per heavy atom. The molecule has 6 nitrogen and oxygen atoms in total. The number of hydrogen-bond acceptors (Lipinski definition) is 4. The first-order valence-corrected chi connectivity index (χ1v) is 9.18. The van der Waals surface area contributed by atoms with Gasteiger partial charge in [0.1, 0.15) is 0 Å². The molecule has 0 aromatic rings. The van der Waals surface area contributed by atoms with Crippen LogP contribution in [0.25, 0.3) is 0 Å². The number of hydrogen-bond donors (Lipinski definition) is 2. The molecule has 0 bridgehead atoms. The van der Waals surface area contributed by atoms with Crippen molar-refractivity contribution in [3.8, 4) is 0 Å². The summed E-state index contributed by atoms with van der Waals surface area (Å²) in [6, 6.07) is 0. The Labute approximate surface area is 121 Å². The molecule has 0 aromatic carbocycles. The molecule has 0 aromatic heterocycles. The van der Waals surface area contributed by atoms with Crippen molar-refractivity contribution in [1.29, 1.82) is 0 Å². The molecule has 0 saturated carbocycles. The number of amides is 1. The van der Waals surface area contributed by atoms with Crippen LogP contribution in [0.1, 0.15) is 32.1 Å². The first-order chi connectivity index (χ1) is 9.57. The fraction of sp³-hybridized carbons (Fsp3) is 0.923. The zero-order chi connectivity index (χ0) is 14.4. The highest BCUT2D eigenvalue weighted by Crippen LogP contribution is 2.16. The molecular weight excluding hydrogens is 278 g/mol. The summed E-state index contributed by atoms with van der Waals surface area (Å²) in [5, 5.41) is 3.27. The third kappa shape index (κ3) is 5.03. The lowest BCUT2D eigenvalue weighted by molar-refractivity contribution is -0.128. The Balaban J connectivity index is 1.68. The lowest BCUT2D eigenvalue weighted by Crippen LogP contribution is -2.39. The Hall–Kier alpha value is -0.660. The average molecular weight is 303 g/mol. The van der Waals surface area contributed by atoms with Crippen LogP contribution in [0.15, 0.2) is 0 Å². The van der Waals surface area contributed by atoms with E-state index in [4.69, 9.17) is 0 Å². The minimum atomic E-state index is -3.32. The molecular formula is C13H25N3O3S. The van der Waals surface area contributed by atoms with E-state index in [9.17, 15) is 13.2 Å². The Bertz CT molecular complexity index is 413. The largest absolute Gasteiger partial charge is 0.342 e. The fourth-order valence-corrected chi connectivity index (χ4v) is 3.95. The smallest absolute Gasteiger partial charge is 0.237 e. The van der Waals surface area contributed by atoms with Crippen LogP contribution >= 0.6 is 0 Å². The Morgan fingerprint density at radius 2 is 1.85 bits per heavy atom. The number of sulfonamides is 1. The number of carbonyl (C=O) groups excluding carboxylic acids is 1. The molecule has 2 aliphatic rings. The molecule has 116 valence electrons. The van der Waals surface area contributed by atoms with Crippen molar-refractivity contribution >= 4 is 15.9 Å². The maximum atomic E-state index is 11.9. The van der Waals surface area contributed by atoms with E-state index in [1.807, 2.05) is 0 Å². The van der Waals surface area contributed by atoms with Crippen LogP contribution < -0.4 is 10.0 Å². The predicted molar refractivity (Wildman–Crippen MR) is 77.8 cm³/mol. The van der Waals surface area contributed by atoms with Gasteiger partial charge in [0.25, 0.3) is 0 Å². The van der Waals surface area contributed by atoms with Crippen molar-refractivity contribution in [2.45, 2.75) is 32.1 Å². The van der Waals surface area contributed by atoms with Crippen LogP contribution in [0.4, 0.5) is 0 Å². The fourth-order valence-electron chi connectivity index (χ4n) is 2.81. The maximum Gasteiger partial charge on any atom is 0.237 e. The van der Waals surface area contributed by atoms with Gasteiger partial charge < -0.3 is 10.2 Å². The van der Waals surface area contributed by atoms with Crippen molar-refractivity contribution < 1.29 is 13.2 Å². The quantitative estimate of drug-likeness (QED) is 0.719. The van der Waals surface area contributed by atoms with E-state index in [1.54, 1.807) is 4.90 Å². The van der Waals surface area contributed by atoms with Gasteiger partial charge in [0.15, 0.2) is 0 Å². The summed E-state index contributed by atoms with van der Waals surface area (Å²) >= 11 is 0. The van der Waals surface area contributed by atoms with Crippen molar-refractivity contribution in [3.05, 3.63) is 0 Å². The summed E-state index contributed by atoms with van der Waals surface area (Å²) < 4.78 is 26.2. The van der Waals surface area contributed by atoms with Gasteiger partial charge in [0.05, 0.1) is 12.3 Å². The second kappa shape index (κ2) is 7.38. The molecule has 0 atom stereocenters. The molecule has 2 fully saturated rings. The van der Waals surface area contributed by atoms with E-state index >= 15 is 0 Å². The summed E-state index contributed by atoms with van der Waals surface area (Å²) in [6.45, 7) is 3.39. The molecule has 2 rings (SSSR count). The Kier molecular flexibility index (Phi) is 5.80. The van der Waals surface area contributed by atoms with E-state index in [0.29, 0.717) is 12.3 Å². The van der Waals surface area contributed by atoms with Crippen LogP contribution in [0.2, 0.25) is 0 Å². The van der Waals surface area contributed by atoms with Gasteiger partial charge in [-0.05, 0) is 51.1 Å². The minimum Gasteiger partial charge on any atom is -0.342 e. The summed E-state index contributed by atoms with van der Waals surface area (Å²) in [5.74, 6) is 0.514. The third-order valence-electron chi connectivity index (χ3n) is 4.16. The zero-order valence-electron chi connectivity index (χ0n) is 11.9. The lowest BCUT2D eigenvalue weighted by Gasteiger charge is -2.22. The van der Waals surface area contributed by atoms with Gasteiger partial charge in [-0.1, -0.05) is 0 Å². The van der Waals surface area contributed by atoms with Crippen LogP contribution in [0, 0.1) is 5.92 Å². The minimum absolute atomic E-state index is 0.0887. The van der Waals surface area contributed by atoms with E-state index in [0.717, 1.165) is 51.9 Å². The van der Waals surface area contributed by atoms with Crippen molar-refractivity contribution in [2.24, 2.45) is 5.92 Å².